The average Bonchev–Trinajstić information content (AvgIpc) is 3.51. The standard InChI is InChI=1S/C28H32N6O/c1-4-7-24-23(26(35)34-28(3)16-14-27(2,15-17-28)33(24)34)18-19-10-12-20(13-11-19)21-8-5-6-9-22(21)25-29-31-32-30-25/h5-6,8-13H,4,7,14-18H2,1-3H3,(H,29,30,31,32). The van der Waals surface area contributed by atoms with Gasteiger partial charge in [-0.05, 0) is 73.1 Å². The summed E-state index contributed by atoms with van der Waals surface area (Å²) in [6.45, 7) is 6.83. The van der Waals surface area contributed by atoms with Crippen LogP contribution < -0.4 is 5.56 Å². The lowest BCUT2D eigenvalue weighted by atomic mass is 9.72. The van der Waals surface area contributed by atoms with E-state index in [1.54, 1.807) is 0 Å². The molecule has 1 aliphatic carbocycles. The van der Waals surface area contributed by atoms with E-state index in [-0.39, 0.29) is 16.6 Å². The van der Waals surface area contributed by atoms with Crippen LogP contribution in [0, 0.1) is 0 Å². The van der Waals surface area contributed by atoms with Crippen molar-refractivity contribution in [1.82, 2.24) is 30.0 Å². The molecule has 7 nitrogen and oxygen atoms in total. The summed E-state index contributed by atoms with van der Waals surface area (Å²) in [5, 5.41) is 14.4. The fourth-order valence-corrected chi connectivity index (χ4v) is 6.29. The van der Waals surface area contributed by atoms with E-state index in [0.717, 1.165) is 66.3 Å². The number of nitrogens with one attached hydrogen (secondary N) is 1. The van der Waals surface area contributed by atoms with Crippen molar-refractivity contribution in [2.24, 2.45) is 0 Å². The highest BCUT2D eigenvalue weighted by atomic mass is 16.1. The Morgan fingerprint density at radius 2 is 1.57 bits per heavy atom. The van der Waals surface area contributed by atoms with Gasteiger partial charge in [-0.2, -0.15) is 0 Å². The molecule has 4 heterocycles. The number of hydrogen-bond donors (Lipinski definition) is 1. The normalized spacial score (nSPS) is 22.9. The summed E-state index contributed by atoms with van der Waals surface area (Å²) in [7, 11) is 0. The predicted octanol–water partition coefficient (Wildman–Crippen LogP) is 5.06. The molecule has 0 spiro atoms. The maximum atomic E-state index is 13.8. The summed E-state index contributed by atoms with van der Waals surface area (Å²) in [6, 6.07) is 16.7. The van der Waals surface area contributed by atoms with Gasteiger partial charge in [0, 0.05) is 23.2 Å². The first-order valence-electron chi connectivity index (χ1n) is 12.7. The first kappa shape index (κ1) is 22.0. The van der Waals surface area contributed by atoms with Crippen LogP contribution in [0.15, 0.2) is 53.3 Å². The lowest BCUT2D eigenvalue weighted by Crippen LogP contribution is -2.57. The largest absolute Gasteiger partial charge is 0.280 e. The molecule has 0 unspecified atom stereocenters. The maximum Gasteiger partial charge on any atom is 0.271 e. The molecule has 0 atom stereocenters. The molecule has 0 amide bonds. The van der Waals surface area contributed by atoms with Crippen molar-refractivity contribution in [3.8, 4) is 22.5 Å². The molecule has 180 valence electrons. The van der Waals surface area contributed by atoms with Crippen LogP contribution in [-0.4, -0.2) is 30.0 Å². The van der Waals surface area contributed by atoms with E-state index in [4.69, 9.17) is 0 Å². The third-order valence-electron chi connectivity index (χ3n) is 8.34. The summed E-state index contributed by atoms with van der Waals surface area (Å²) < 4.78 is 4.55. The molecule has 35 heavy (non-hydrogen) atoms. The molecule has 1 saturated carbocycles. The van der Waals surface area contributed by atoms with Crippen molar-refractivity contribution in [2.75, 3.05) is 0 Å². The van der Waals surface area contributed by atoms with E-state index in [1.807, 2.05) is 18.2 Å². The Kier molecular flexibility index (Phi) is 5.06. The Balaban J connectivity index is 1.38. The Labute approximate surface area is 205 Å². The molecule has 7 heteroatoms. The topological polar surface area (TPSA) is 81.4 Å². The van der Waals surface area contributed by atoms with Crippen molar-refractivity contribution in [1.29, 1.82) is 0 Å². The molecular formula is C28H32N6O. The second-order valence-corrected chi connectivity index (χ2v) is 10.8. The number of tetrazole rings is 1. The second kappa shape index (κ2) is 8.04. The van der Waals surface area contributed by atoms with Crippen LogP contribution >= 0.6 is 0 Å². The monoisotopic (exact) mass is 468 g/mol. The zero-order valence-electron chi connectivity index (χ0n) is 20.7. The lowest BCUT2D eigenvalue weighted by Gasteiger charge is -2.53. The summed E-state index contributed by atoms with van der Waals surface area (Å²) in [5.41, 5.74) is 6.74. The van der Waals surface area contributed by atoms with Crippen LogP contribution in [0.2, 0.25) is 0 Å². The second-order valence-electron chi connectivity index (χ2n) is 10.8. The first-order chi connectivity index (χ1) is 16.9. The Morgan fingerprint density at radius 3 is 2.20 bits per heavy atom. The highest BCUT2D eigenvalue weighted by Crippen LogP contribution is 2.49. The highest BCUT2D eigenvalue weighted by molar-refractivity contribution is 5.80. The van der Waals surface area contributed by atoms with E-state index in [2.05, 4.69) is 81.1 Å². The number of nitrogens with zero attached hydrogens (tertiary/aromatic N) is 5. The van der Waals surface area contributed by atoms with Gasteiger partial charge in [0.25, 0.3) is 5.56 Å². The third-order valence-corrected chi connectivity index (χ3v) is 8.34. The van der Waals surface area contributed by atoms with E-state index in [0.29, 0.717) is 12.2 Å². The zero-order valence-corrected chi connectivity index (χ0v) is 20.7. The molecule has 2 aromatic heterocycles. The minimum absolute atomic E-state index is 0.0568. The first-order valence-corrected chi connectivity index (χ1v) is 12.7. The van der Waals surface area contributed by atoms with E-state index in [1.165, 1.54) is 5.69 Å². The Morgan fingerprint density at radius 1 is 0.914 bits per heavy atom. The number of hydrogen-bond acceptors (Lipinski definition) is 4. The zero-order chi connectivity index (χ0) is 24.2. The predicted molar refractivity (Wildman–Crippen MR) is 136 cm³/mol. The van der Waals surface area contributed by atoms with Crippen molar-refractivity contribution in [2.45, 2.75) is 76.8 Å². The quantitative estimate of drug-likeness (QED) is 0.429. The summed E-state index contributed by atoms with van der Waals surface area (Å²) in [5.74, 6) is 0.651. The van der Waals surface area contributed by atoms with Crippen LogP contribution in [0.3, 0.4) is 0 Å². The number of rotatable bonds is 6. The number of benzene rings is 2. The number of aromatic nitrogens is 6. The fourth-order valence-electron chi connectivity index (χ4n) is 6.29. The van der Waals surface area contributed by atoms with Crippen LogP contribution in [0.25, 0.3) is 22.5 Å². The van der Waals surface area contributed by atoms with E-state index < -0.39 is 0 Å². The Bertz CT molecular complexity index is 1420. The lowest BCUT2D eigenvalue weighted by molar-refractivity contribution is -0.00344. The maximum absolute atomic E-state index is 13.8. The molecule has 4 aromatic rings. The minimum atomic E-state index is -0.0568. The molecule has 2 bridgehead atoms. The molecule has 2 aliphatic heterocycles. The summed E-state index contributed by atoms with van der Waals surface area (Å²) in [4.78, 5) is 13.8. The SMILES string of the molecule is CCCc1c(Cc2ccc(-c3ccccc3-c3nnn[nH]3)cc2)c(=O)n2n1C1(C)CCC2(C)CC1. The van der Waals surface area contributed by atoms with Gasteiger partial charge in [0.2, 0.25) is 0 Å². The van der Waals surface area contributed by atoms with Crippen molar-refractivity contribution < 1.29 is 0 Å². The van der Waals surface area contributed by atoms with Gasteiger partial charge in [-0.3, -0.25) is 9.48 Å². The van der Waals surface area contributed by atoms with Crippen molar-refractivity contribution in [3.63, 3.8) is 0 Å². The van der Waals surface area contributed by atoms with Crippen molar-refractivity contribution in [3.05, 3.63) is 75.7 Å². The molecular weight excluding hydrogens is 436 g/mol. The third kappa shape index (κ3) is 3.39. The van der Waals surface area contributed by atoms with Gasteiger partial charge in [0.05, 0.1) is 11.1 Å². The molecule has 2 aromatic carbocycles. The fraction of sp³-hybridized carbons (Fsp3) is 0.429. The number of fused-ring (bicyclic) bond motifs is 2. The highest BCUT2D eigenvalue weighted by Gasteiger charge is 2.50. The molecule has 0 radical (unpaired) electrons. The van der Waals surface area contributed by atoms with Crippen LogP contribution in [0.1, 0.15) is 69.7 Å². The van der Waals surface area contributed by atoms with Gasteiger partial charge in [0.1, 0.15) is 0 Å². The summed E-state index contributed by atoms with van der Waals surface area (Å²) in [6.07, 6.45) is 7.14. The van der Waals surface area contributed by atoms with Gasteiger partial charge >= 0.3 is 0 Å². The van der Waals surface area contributed by atoms with Gasteiger partial charge in [0.15, 0.2) is 5.82 Å². The van der Waals surface area contributed by atoms with Gasteiger partial charge in [-0.1, -0.05) is 61.9 Å². The van der Waals surface area contributed by atoms with Crippen LogP contribution in [0.5, 0.6) is 0 Å². The van der Waals surface area contributed by atoms with Crippen LogP contribution in [-0.2, 0) is 23.9 Å². The van der Waals surface area contributed by atoms with Gasteiger partial charge < -0.3 is 0 Å². The van der Waals surface area contributed by atoms with Gasteiger partial charge in [-0.25, -0.2) is 9.78 Å². The smallest absolute Gasteiger partial charge is 0.271 e. The van der Waals surface area contributed by atoms with E-state index >= 15 is 0 Å². The molecule has 1 N–H and O–H groups in total. The average molecular weight is 469 g/mol. The number of H-pyrrole nitrogens is 1. The number of aromatic amines is 1. The molecule has 1 fully saturated rings. The minimum Gasteiger partial charge on any atom is -0.280 e. The summed E-state index contributed by atoms with van der Waals surface area (Å²) >= 11 is 0. The van der Waals surface area contributed by atoms with Crippen LogP contribution in [0.4, 0.5) is 0 Å². The molecule has 7 rings (SSSR count). The van der Waals surface area contributed by atoms with Gasteiger partial charge in [-0.15, -0.1) is 5.10 Å². The van der Waals surface area contributed by atoms with Crippen molar-refractivity contribution >= 4 is 0 Å². The van der Waals surface area contributed by atoms with E-state index in [9.17, 15) is 4.79 Å². The molecule has 0 saturated heterocycles. The Hall–Kier alpha value is -3.48. The molecule has 3 aliphatic rings.